The van der Waals surface area contributed by atoms with Crippen molar-refractivity contribution in [2.45, 2.75) is 25.6 Å². The molecule has 0 spiro atoms. The molecular formula is C17H18ClNO. The van der Waals surface area contributed by atoms with Crippen LogP contribution >= 0.6 is 11.6 Å². The highest BCUT2D eigenvalue weighted by Crippen LogP contribution is 2.27. The Hall–Kier alpha value is -1.35. The summed E-state index contributed by atoms with van der Waals surface area (Å²) in [7, 11) is 0. The van der Waals surface area contributed by atoms with E-state index < -0.39 is 0 Å². The molecule has 0 fully saturated rings. The predicted octanol–water partition coefficient (Wildman–Crippen LogP) is 4.26. The van der Waals surface area contributed by atoms with Gasteiger partial charge in [-0.15, -0.1) is 0 Å². The van der Waals surface area contributed by atoms with E-state index in [4.69, 9.17) is 16.3 Å². The topological polar surface area (TPSA) is 21.3 Å². The molecule has 3 heteroatoms. The van der Waals surface area contributed by atoms with Gasteiger partial charge >= 0.3 is 0 Å². The molecule has 2 nitrogen and oxygen atoms in total. The van der Waals surface area contributed by atoms with Gasteiger partial charge in [0.15, 0.2) is 0 Å². The van der Waals surface area contributed by atoms with Crippen LogP contribution in [0.25, 0.3) is 0 Å². The van der Waals surface area contributed by atoms with Gasteiger partial charge in [0.2, 0.25) is 0 Å². The van der Waals surface area contributed by atoms with Crippen LogP contribution in [-0.4, -0.2) is 6.61 Å². The molecule has 0 aromatic heterocycles. The molecule has 2 atom stereocenters. The molecule has 1 aliphatic heterocycles. The largest absolute Gasteiger partial charge is 0.375 e. The van der Waals surface area contributed by atoms with Gasteiger partial charge in [0.25, 0.3) is 0 Å². The molecule has 2 aromatic carbocycles. The Morgan fingerprint density at radius 2 is 1.90 bits per heavy atom. The van der Waals surface area contributed by atoms with Gasteiger partial charge in [-0.05, 0) is 35.7 Å². The van der Waals surface area contributed by atoms with Crippen molar-refractivity contribution in [2.24, 2.45) is 0 Å². The summed E-state index contributed by atoms with van der Waals surface area (Å²) in [6, 6.07) is 17.0. The Balaban J connectivity index is 1.77. The summed E-state index contributed by atoms with van der Waals surface area (Å²) in [4.78, 5) is 0. The average Bonchev–Trinajstić information content (AvgIpc) is 2.48. The van der Waals surface area contributed by atoms with Gasteiger partial charge in [-0.1, -0.05) is 48.0 Å². The van der Waals surface area contributed by atoms with Crippen LogP contribution in [0.2, 0.25) is 5.02 Å². The van der Waals surface area contributed by atoms with Crippen molar-refractivity contribution >= 4 is 11.6 Å². The summed E-state index contributed by atoms with van der Waals surface area (Å²) in [6.07, 6.45) is 0. The van der Waals surface area contributed by atoms with Crippen LogP contribution in [0.5, 0.6) is 0 Å². The second-order valence-corrected chi connectivity index (χ2v) is 5.64. The molecule has 2 aromatic rings. The molecule has 0 saturated heterocycles. The Morgan fingerprint density at radius 3 is 2.70 bits per heavy atom. The average molecular weight is 288 g/mol. The molecular weight excluding hydrogens is 270 g/mol. The van der Waals surface area contributed by atoms with Crippen molar-refractivity contribution in [1.29, 1.82) is 0 Å². The Bertz CT molecular complexity index is 582. The third-order valence-electron chi connectivity index (χ3n) is 3.79. The smallest absolute Gasteiger partial charge is 0.0721 e. The lowest BCUT2D eigenvalue weighted by Gasteiger charge is -2.29. The van der Waals surface area contributed by atoms with Crippen molar-refractivity contribution in [2.75, 3.05) is 6.61 Å². The van der Waals surface area contributed by atoms with Gasteiger partial charge in [0.1, 0.15) is 0 Å². The molecule has 0 saturated carbocycles. The zero-order valence-corrected chi connectivity index (χ0v) is 12.2. The lowest BCUT2D eigenvalue weighted by Crippen LogP contribution is -2.31. The van der Waals surface area contributed by atoms with Crippen LogP contribution in [0.3, 0.4) is 0 Å². The van der Waals surface area contributed by atoms with Crippen molar-refractivity contribution in [3.63, 3.8) is 0 Å². The third kappa shape index (κ3) is 2.88. The fraction of sp³-hybridized carbons (Fsp3) is 0.294. The predicted molar refractivity (Wildman–Crippen MR) is 81.8 cm³/mol. The quantitative estimate of drug-likeness (QED) is 0.911. The van der Waals surface area contributed by atoms with E-state index in [2.05, 4.69) is 48.6 Å². The number of hydrogen-bond acceptors (Lipinski definition) is 2. The van der Waals surface area contributed by atoms with Crippen molar-refractivity contribution in [3.8, 4) is 0 Å². The molecule has 1 heterocycles. The van der Waals surface area contributed by atoms with E-state index in [9.17, 15) is 0 Å². The van der Waals surface area contributed by atoms with E-state index in [-0.39, 0.29) is 12.1 Å². The summed E-state index contributed by atoms with van der Waals surface area (Å²) >= 11 is 5.93. The molecule has 0 bridgehead atoms. The van der Waals surface area contributed by atoms with Crippen LogP contribution in [0, 0.1) is 0 Å². The van der Waals surface area contributed by atoms with E-state index in [1.807, 2.05) is 12.1 Å². The van der Waals surface area contributed by atoms with Gasteiger partial charge in [0, 0.05) is 11.1 Å². The fourth-order valence-electron chi connectivity index (χ4n) is 2.67. The Morgan fingerprint density at radius 1 is 1.15 bits per heavy atom. The first-order valence-electron chi connectivity index (χ1n) is 6.91. The minimum atomic E-state index is 0.241. The van der Waals surface area contributed by atoms with E-state index >= 15 is 0 Å². The number of benzene rings is 2. The van der Waals surface area contributed by atoms with Crippen molar-refractivity contribution < 1.29 is 4.74 Å². The van der Waals surface area contributed by atoms with Crippen molar-refractivity contribution in [1.82, 2.24) is 5.32 Å². The second-order valence-electron chi connectivity index (χ2n) is 5.21. The van der Waals surface area contributed by atoms with E-state index in [0.29, 0.717) is 6.61 Å². The normalized spacial score (nSPS) is 19.4. The highest BCUT2D eigenvalue weighted by Gasteiger charge is 2.21. The zero-order valence-electron chi connectivity index (χ0n) is 11.5. The molecule has 104 valence electrons. The first-order valence-corrected chi connectivity index (χ1v) is 7.29. The minimum absolute atomic E-state index is 0.241. The van der Waals surface area contributed by atoms with Crippen LogP contribution in [0.15, 0.2) is 48.5 Å². The number of nitrogens with one attached hydrogen (secondary N) is 1. The maximum Gasteiger partial charge on any atom is 0.0721 e. The van der Waals surface area contributed by atoms with Gasteiger partial charge in [0.05, 0.1) is 19.3 Å². The third-order valence-corrected chi connectivity index (χ3v) is 4.05. The van der Waals surface area contributed by atoms with Gasteiger partial charge in [-0.3, -0.25) is 0 Å². The van der Waals surface area contributed by atoms with E-state index in [1.54, 1.807) is 0 Å². The monoisotopic (exact) mass is 287 g/mol. The zero-order chi connectivity index (χ0) is 13.9. The number of rotatable bonds is 3. The van der Waals surface area contributed by atoms with Crippen LogP contribution < -0.4 is 5.32 Å². The lowest BCUT2D eigenvalue weighted by atomic mass is 9.97. The summed E-state index contributed by atoms with van der Waals surface area (Å²) in [5.41, 5.74) is 3.86. The molecule has 1 N–H and O–H groups in total. The SMILES string of the molecule is C[C@H](NC1COCc2ccccc21)c1ccc(Cl)cc1. The molecule has 1 unspecified atom stereocenters. The molecule has 1 aliphatic rings. The second kappa shape index (κ2) is 5.96. The maximum atomic E-state index is 5.93. The first-order chi connectivity index (χ1) is 9.74. The van der Waals surface area contributed by atoms with Gasteiger partial charge in [-0.2, -0.15) is 0 Å². The summed E-state index contributed by atoms with van der Waals surface area (Å²) in [5.74, 6) is 0. The van der Waals surface area contributed by atoms with Crippen LogP contribution in [0.1, 0.15) is 35.7 Å². The Kier molecular flexibility index (Phi) is 4.06. The molecule has 0 radical (unpaired) electrons. The number of halogens is 1. The standard InChI is InChI=1S/C17H18ClNO/c1-12(13-6-8-15(18)9-7-13)19-17-11-20-10-14-4-2-3-5-16(14)17/h2-9,12,17,19H,10-11H2,1H3/t12-,17?/m0/s1. The molecule has 20 heavy (non-hydrogen) atoms. The summed E-state index contributed by atoms with van der Waals surface area (Å²) < 4.78 is 5.68. The molecule has 0 amide bonds. The van der Waals surface area contributed by atoms with E-state index in [1.165, 1.54) is 16.7 Å². The van der Waals surface area contributed by atoms with Crippen LogP contribution in [-0.2, 0) is 11.3 Å². The number of ether oxygens (including phenoxy) is 1. The summed E-state index contributed by atoms with van der Waals surface area (Å²) in [6.45, 7) is 3.60. The summed E-state index contributed by atoms with van der Waals surface area (Å²) in [5, 5.41) is 4.41. The van der Waals surface area contributed by atoms with Gasteiger partial charge < -0.3 is 10.1 Å². The fourth-order valence-corrected chi connectivity index (χ4v) is 2.80. The van der Waals surface area contributed by atoms with Crippen LogP contribution in [0.4, 0.5) is 0 Å². The van der Waals surface area contributed by atoms with Gasteiger partial charge in [-0.25, -0.2) is 0 Å². The molecule has 0 aliphatic carbocycles. The highest BCUT2D eigenvalue weighted by molar-refractivity contribution is 6.30. The van der Waals surface area contributed by atoms with Crippen molar-refractivity contribution in [3.05, 3.63) is 70.2 Å². The van der Waals surface area contributed by atoms with E-state index in [0.717, 1.165) is 11.6 Å². The number of hydrogen-bond donors (Lipinski definition) is 1. The Labute approximate surface area is 124 Å². The molecule has 3 rings (SSSR count). The lowest BCUT2D eigenvalue weighted by molar-refractivity contribution is 0.0791. The maximum absolute atomic E-state index is 5.93. The minimum Gasteiger partial charge on any atom is -0.375 e. The number of fused-ring (bicyclic) bond motifs is 1. The highest BCUT2D eigenvalue weighted by atomic mass is 35.5. The first kappa shape index (κ1) is 13.6.